The number of likely N-dealkylation sites (N-methyl/N-ethyl adjacent to an activating group) is 1. The Bertz CT molecular complexity index is 1160. The molecule has 0 spiro atoms. The molecule has 0 aliphatic heterocycles. The molecule has 0 bridgehead atoms. The monoisotopic (exact) mass is 705 g/mol. The SMILES string of the molecule is CCCCCCCCCCCCOc1cc(OCC(COP(O)OCC[N+](C)(C)C)OCc2ccccc2)c(C(C)(C)C)cc1C(C)(C)C. The fourth-order valence-corrected chi connectivity index (χ4v) is 6.04. The summed E-state index contributed by atoms with van der Waals surface area (Å²) in [7, 11) is 4.23. The Kier molecular flexibility index (Phi) is 19.7. The minimum atomic E-state index is -2.03. The molecule has 1 N–H and O–H groups in total. The highest BCUT2D eigenvalue weighted by molar-refractivity contribution is 7.40. The van der Waals surface area contributed by atoms with Gasteiger partial charge in [0.2, 0.25) is 0 Å². The minimum absolute atomic E-state index is 0.0923. The Labute approximate surface area is 301 Å². The van der Waals surface area contributed by atoms with Gasteiger partial charge in [-0.1, -0.05) is 137 Å². The van der Waals surface area contributed by atoms with E-state index in [4.69, 9.17) is 23.3 Å². The second-order valence-electron chi connectivity index (χ2n) is 16.5. The smallest absolute Gasteiger partial charge is 0.330 e. The largest absolute Gasteiger partial charge is 0.493 e. The van der Waals surface area contributed by atoms with Crippen LogP contribution in [0.3, 0.4) is 0 Å². The molecule has 8 heteroatoms. The Morgan fingerprint density at radius 1 is 0.673 bits per heavy atom. The predicted molar refractivity (Wildman–Crippen MR) is 206 cm³/mol. The molecule has 0 aliphatic rings. The molecule has 2 aromatic rings. The van der Waals surface area contributed by atoms with Gasteiger partial charge in [0.25, 0.3) is 0 Å². The maximum absolute atomic E-state index is 10.5. The maximum atomic E-state index is 10.5. The van der Waals surface area contributed by atoms with Crippen molar-refractivity contribution in [3.05, 3.63) is 59.2 Å². The van der Waals surface area contributed by atoms with Crippen LogP contribution in [-0.4, -0.2) is 69.6 Å². The quantitative estimate of drug-likeness (QED) is 0.0631. The van der Waals surface area contributed by atoms with Gasteiger partial charge in [0, 0.05) is 17.2 Å². The lowest BCUT2D eigenvalue weighted by Crippen LogP contribution is -2.37. The third-order valence-electron chi connectivity index (χ3n) is 8.54. The summed E-state index contributed by atoms with van der Waals surface area (Å²) < 4.78 is 31.5. The van der Waals surface area contributed by atoms with Crippen LogP contribution in [0.4, 0.5) is 0 Å². The van der Waals surface area contributed by atoms with E-state index in [1.807, 2.05) is 30.3 Å². The maximum Gasteiger partial charge on any atom is 0.330 e. The van der Waals surface area contributed by atoms with E-state index in [1.165, 1.54) is 63.4 Å². The summed E-state index contributed by atoms with van der Waals surface area (Å²) in [5.74, 6) is 1.67. The second-order valence-corrected chi connectivity index (χ2v) is 17.5. The van der Waals surface area contributed by atoms with E-state index in [0.717, 1.165) is 40.1 Å². The summed E-state index contributed by atoms with van der Waals surface area (Å²) in [5, 5.41) is 0. The third kappa shape index (κ3) is 18.9. The lowest BCUT2D eigenvalue weighted by Gasteiger charge is -2.30. The first kappa shape index (κ1) is 43.4. The van der Waals surface area contributed by atoms with E-state index in [0.29, 0.717) is 19.8 Å². The first-order valence-electron chi connectivity index (χ1n) is 18.8. The first-order chi connectivity index (χ1) is 23.1. The van der Waals surface area contributed by atoms with Crippen LogP contribution in [0.15, 0.2) is 42.5 Å². The zero-order valence-electron chi connectivity index (χ0n) is 32.8. The number of ether oxygens (including phenoxy) is 3. The molecule has 2 aromatic carbocycles. The van der Waals surface area contributed by atoms with Crippen molar-refractivity contribution in [2.24, 2.45) is 0 Å². The molecule has 0 aliphatic carbocycles. The minimum Gasteiger partial charge on any atom is -0.493 e. The zero-order valence-corrected chi connectivity index (χ0v) is 33.7. The number of hydrogen-bond donors (Lipinski definition) is 1. The lowest BCUT2D eigenvalue weighted by molar-refractivity contribution is -0.870. The van der Waals surface area contributed by atoms with Crippen LogP contribution in [0.2, 0.25) is 0 Å². The molecule has 0 amide bonds. The average molecular weight is 705 g/mol. The summed E-state index contributed by atoms with van der Waals surface area (Å²) in [4.78, 5) is 10.5. The molecule has 0 fully saturated rings. The second kappa shape index (κ2) is 22.3. The number of benzene rings is 2. The number of rotatable bonds is 25. The molecule has 2 unspecified atom stereocenters. The highest BCUT2D eigenvalue weighted by Gasteiger charge is 2.28. The van der Waals surface area contributed by atoms with E-state index in [9.17, 15) is 4.89 Å². The molecule has 7 nitrogen and oxygen atoms in total. The van der Waals surface area contributed by atoms with Crippen LogP contribution in [0.1, 0.15) is 129 Å². The molecule has 2 rings (SSSR count). The molecule has 49 heavy (non-hydrogen) atoms. The number of nitrogens with zero attached hydrogens (tertiary/aromatic N) is 1. The van der Waals surface area contributed by atoms with E-state index in [-0.39, 0.29) is 24.0 Å². The van der Waals surface area contributed by atoms with Gasteiger partial charge in [-0.2, -0.15) is 0 Å². The van der Waals surface area contributed by atoms with Crippen LogP contribution in [0.5, 0.6) is 11.5 Å². The van der Waals surface area contributed by atoms with Crippen molar-refractivity contribution in [1.29, 1.82) is 0 Å². The van der Waals surface area contributed by atoms with Gasteiger partial charge in [0.15, 0.2) is 0 Å². The van der Waals surface area contributed by atoms with Crippen molar-refractivity contribution in [2.45, 2.75) is 136 Å². The van der Waals surface area contributed by atoms with Gasteiger partial charge in [-0.15, -0.1) is 0 Å². The van der Waals surface area contributed by atoms with Crippen LogP contribution in [-0.2, 0) is 31.2 Å². The predicted octanol–water partition coefficient (Wildman–Crippen LogP) is 10.5. The fraction of sp³-hybridized carbons (Fsp3) is 0.707. The van der Waals surface area contributed by atoms with Crippen LogP contribution < -0.4 is 9.47 Å². The summed E-state index contributed by atoms with van der Waals surface area (Å²) in [6.45, 7) is 18.3. The molecular weight excluding hydrogens is 633 g/mol. The number of unbranched alkanes of at least 4 members (excludes halogenated alkanes) is 9. The summed E-state index contributed by atoms with van der Waals surface area (Å²) in [6.07, 6.45) is 12.5. The van der Waals surface area contributed by atoms with E-state index in [1.54, 1.807) is 0 Å². The Morgan fingerprint density at radius 3 is 1.78 bits per heavy atom. The van der Waals surface area contributed by atoms with Crippen molar-refractivity contribution in [1.82, 2.24) is 0 Å². The zero-order chi connectivity index (χ0) is 36.3. The average Bonchev–Trinajstić information content (AvgIpc) is 3.02. The van der Waals surface area contributed by atoms with Gasteiger partial charge in [0.05, 0.1) is 41.0 Å². The van der Waals surface area contributed by atoms with Gasteiger partial charge >= 0.3 is 8.60 Å². The summed E-state index contributed by atoms with van der Waals surface area (Å²) >= 11 is 0. The molecule has 2 atom stereocenters. The highest BCUT2D eigenvalue weighted by atomic mass is 31.2. The molecule has 0 aromatic heterocycles. The Hall–Kier alpha value is -1.73. The number of hydrogen-bond acceptors (Lipinski definition) is 6. The Morgan fingerprint density at radius 2 is 1.22 bits per heavy atom. The fourth-order valence-electron chi connectivity index (χ4n) is 5.44. The van der Waals surface area contributed by atoms with Gasteiger partial charge in [-0.3, -0.25) is 0 Å². The molecule has 0 saturated heterocycles. The van der Waals surface area contributed by atoms with Crippen molar-refractivity contribution in [3.8, 4) is 11.5 Å². The summed E-state index contributed by atoms with van der Waals surface area (Å²) in [6, 6.07) is 14.4. The van der Waals surface area contributed by atoms with E-state index < -0.39 is 14.7 Å². The van der Waals surface area contributed by atoms with Crippen molar-refractivity contribution >= 4 is 8.60 Å². The first-order valence-corrected chi connectivity index (χ1v) is 19.9. The molecule has 0 radical (unpaired) electrons. The van der Waals surface area contributed by atoms with Crippen molar-refractivity contribution < 1.29 is 32.6 Å². The summed E-state index contributed by atoms with van der Waals surface area (Å²) in [5.41, 5.74) is 3.13. The Balaban J connectivity index is 2.12. The van der Waals surface area contributed by atoms with Crippen molar-refractivity contribution in [2.75, 3.05) is 54.1 Å². The topological polar surface area (TPSA) is 66.4 Å². The molecule has 280 valence electrons. The third-order valence-corrected chi connectivity index (χ3v) is 9.31. The number of quaternary nitrogens is 1. The highest BCUT2D eigenvalue weighted by Crippen LogP contribution is 2.42. The van der Waals surface area contributed by atoms with Gasteiger partial charge in [-0.25, -0.2) is 0 Å². The van der Waals surface area contributed by atoms with Crippen LogP contribution in [0, 0.1) is 0 Å². The molecule has 0 heterocycles. The van der Waals surface area contributed by atoms with Gasteiger partial charge in [-0.05, 0) is 28.9 Å². The van der Waals surface area contributed by atoms with Crippen LogP contribution >= 0.6 is 8.60 Å². The van der Waals surface area contributed by atoms with Gasteiger partial charge in [0.1, 0.15) is 37.4 Å². The van der Waals surface area contributed by atoms with Crippen LogP contribution in [0.25, 0.3) is 0 Å². The lowest BCUT2D eigenvalue weighted by atomic mass is 9.79. The van der Waals surface area contributed by atoms with Gasteiger partial charge < -0.3 is 32.6 Å². The molecular formula is C41H71NO6P+. The standard InChI is InChI=1S/C41H71NO6P/c1-11-12-13-14-15-16-17-18-19-23-27-44-38-30-39(37(41(5,6)7)29-36(38)40(2,3)4)46-32-35(45-31-34-24-21-20-22-25-34)33-48-49(43)47-28-26-42(8,9)10/h20-22,24-25,29-30,35,43H,11-19,23,26-28,31-33H2,1-10H3/q+1. The van der Waals surface area contributed by atoms with E-state index in [2.05, 4.69) is 81.7 Å². The molecule has 0 saturated carbocycles. The van der Waals surface area contributed by atoms with E-state index >= 15 is 0 Å². The van der Waals surface area contributed by atoms with Crippen molar-refractivity contribution in [3.63, 3.8) is 0 Å². The normalized spacial score (nSPS) is 13.8.